The Morgan fingerprint density at radius 2 is 1.82 bits per heavy atom. The van der Waals surface area contributed by atoms with Crippen LogP contribution in [-0.2, 0) is 20.1 Å². The van der Waals surface area contributed by atoms with Crippen LogP contribution in [0, 0.1) is 12.8 Å². The van der Waals surface area contributed by atoms with Gasteiger partial charge in [-0.3, -0.25) is 0 Å². The van der Waals surface area contributed by atoms with Crippen LogP contribution in [0.5, 0.6) is 0 Å². The highest BCUT2D eigenvalue weighted by Crippen LogP contribution is 2.34. The number of nitrogens with zero attached hydrogens (tertiary/aromatic N) is 6. The number of aliphatic hydroxyl groups is 1. The third-order valence-electron chi connectivity index (χ3n) is 6.51. The van der Waals surface area contributed by atoms with Crippen molar-refractivity contribution >= 4 is 11.6 Å². The van der Waals surface area contributed by atoms with Crippen molar-refractivity contribution in [1.29, 1.82) is 0 Å². The SMILES string of the molecule is CCC(C)Cc1nc(Cl)c(CO)n1C(C)c1ccc(-c2ccccc2-c2nnn(C)n2)cc1C. The molecule has 2 unspecified atom stereocenters. The molecule has 2 aromatic carbocycles. The van der Waals surface area contributed by atoms with Gasteiger partial charge in [0.15, 0.2) is 5.15 Å². The summed E-state index contributed by atoms with van der Waals surface area (Å²) < 4.78 is 2.11. The summed E-state index contributed by atoms with van der Waals surface area (Å²) in [5.41, 5.74) is 6.05. The summed E-state index contributed by atoms with van der Waals surface area (Å²) in [5.74, 6) is 1.99. The number of benzene rings is 2. The lowest BCUT2D eigenvalue weighted by molar-refractivity contribution is 0.268. The van der Waals surface area contributed by atoms with E-state index < -0.39 is 0 Å². The number of aromatic nitrogens is 6. The zero-order chi connectivity index (χ0) is 24.4. The number of rotatable bonds is 8. The van der Waals surface area contributed by atoms with Gasteiger partial charge in [-0.25, -0.2) is 4.98 Å². The zero-order valence-corrected chi connectivity index (χ0v) is 21.1. The van der Waals surface area contributed by atoms with Gasteiger partial charge in [-0.15, -0.1) is 10.2 Å². The van der Waals surface area contributed by atoms with Gasteiger partial charge >= 0.3 is 0 Å². The van der Waals surface area contributed by atoms with Crippen molar-refractivity contribution in [3.8, 4) is 22.5 Å². The monoisotopic (exact) mass is 478 g/mol. The van der Waals surface area contributed by atoms with E-state index in [2.05, 4.69) is 76.9 Å². The molecule has 0 radical (unpaired) electrons. The normalized spacial score (nSPS) is 13.3. The lowest BCUT2D eigenvalue weighted by Gasteiger charge is -2.23. The lowest BCUT2D eigenvalue weighted by Crippen LogP contribution is -2.16. The Morgan fingerprint density at radius 1 is 1.09 bits per heavy atom. The molecule has 34 heavy (non-hydrogen) atoms. The molecular formula is C26H31ClN6O. The van der Waals surface area contributed by atoms with Crippen molar-refractivity contribution in [2.45, 2.75) is 53.2 Å². The van der Waals surface area contributed by atoms with E-state index >= 15 is 0 Å². The lowest BCUT2D eigenvalue weighted by atomic mass is 9.93. The van der Waals surface area contributed by atoms with Crippen LogP contribution < -0.4 is 0 Å². The molecule has 1 N–H and O–H groups in total. The van der Waals surface area contributed by atoms with Crippen molar-refractivity contribution in [3.63, 3.8) is 0 Å². The Bertz CT molecular complexity index is 1290. The fourth-order valence-electron chi connectivity index (χ4n) is 4.46. The molecule has 0 aliphatic heterocycles. The summed E-state index contributed by atoms with van der Waals surface area (Å²) in [6, 6.07) is 14.5. The van der Waals surface area contributed by atoms with Crippen LogP contribution >= 0.6 is 11.6 Å². The molecule has 0 amide bonds. The van der Waals surface area contributed by atoms with E-state index in [0.717, 1.165) is 46.5 Å². The van der Waals surface area contributed by atoms with Gasteiger partial charge in [-0.1, -0.05) is 74.3 Å². The van der Waals surface area contributed by atoms with Gasteiger partial charge in [-0.2, -0.15) is 4.80 Å². The highest BCUT2D eigenvalue weighted by molar-refractivity contribution is 6.30. The number of aryl methyl sites for hydroxylation is 2. The second kappa shape index (κ2) is 10.1. The van der Waals surface area contributed by atoms with Crippen LogP contribution in [0.1, 0.15) is 55.9 Å². The Balaban J connectivity index is 1.74. The van der Waals surface area contributed by atoms with Crippen LogP contribution in [0.4, 0.5) is 0 Å². The molecule has 2 atom stereocenters. The van der Waals surface area contributed by atoms with E-state index in [9.17, 15) is 5.11 Å². The smallest absolute Gasteiger partial charge is 0.205 e. The third-order valence-corrected chi connectivity index (χ3v) is 6.81. The van der Waals surface area contributed by atoms with E-state index in [1.165, 1.54) is 4.80 Å². The molecule has 2 heterocycles. The van der Waals surface area contributed by atoms with Gasteiger partial charge in [0.2, 0.25) is 5.82 Å². The number of halogens is 1. The van der Waals surface area contributed by atoms with Gasteiger partial charge < -0.3 is 9.67 Å². The molecule has 8 heteroatoms. The fourth-order valence-corrected chi connectivity index (χ4v) is 4.71. The van der Waals surface area contributed by atoms with Gasteiger partial charge in [0.05, 0.1) is 25.4 Å². The first-order valence-electron chi connectivity index (χ1n) is 11.6. The maximum Gasteiger partial charge on any atom is 0.205 e. The highest BCUT2D eigenvalue weighted by Gasteiger charge is 2.23. The second-order valence-electron chi connectivity index (χ2n) is 8.91. The molecule has 2 aromatic heterocycles. The Labute approximate surface area is 205 Å². The van der Waals surface area contributed by atoms with Crippen LogP contribution in [0.3, 0.4) is 0 Å². The maximum absolute atomic E-state index is 10.0. The quantitative estimate of drug-likeness (QED) is 0.367. The van der Waals surface area contributed by atoms with E-state index in [-0.39, 0.29) is 12.6 Å². The average Bonchev–Trinajstić information content (AvgIpc) is 3.40. The summed E-state index contributed by atoms with van der Waals surface area (Å²) in [5, 5.41) is 23.0. The summed E-state index contributed by atoms with van der Waals surface area (Å²) in [7, 11) is 1.76. The van der Waals surface area contributed by atoms with Gasteiger partial charge in [0, 0.05) is 12.0 Å². The van der Waals surface area contributed by atoms with E-state index in [0.29, 0.717) is 22.6 Å². The largest absolute Gasteiger partial charge is 0.390 e. The number of aliphatic hydroxyl groups excluding tert-OH is 1. The summed E-state index contributed by atoms with van der Waals surface area (Å²) in [6.07, 6.45) is 1.87. The van der Waals surface area contributed by atoms with Gasteiger partial charge in [0.1, 0.15) is 5.82 Å². The molecule has 0 spiro atoms. The maximum atomic E-state index is 10.0. The molecule has 0 bridgehead atoms. The summed E-state index contributed by atoms with van der Waals surface area (Å²) in [6.45, 7) is 8.49. The predicted molar refractivity (Wildman–Crippen MR) is 135 cm³/mol. The minimum Gasteiger partial charge on any atom is -0.390 e. The predicted octanol–water partition coefficient (Wildman–Crippen LogP) is 5.39. The van der Waals surface area contributed by atoms with Crippen LogP contribution in [0.15, 0.2) is 42.5 Å². The molecule has 0 fully saturated rings. The summed E-state index contributed by atoms with van der Waals surface area (Å²) in [4.78, 5) is 6.07. The van der Waals surface area contributed by atoms with Gasteiger partial charge in [0.25, 0.3) is 0 Å². The van der Waals surface area contributed by atoms with Crippen LogP contribution in [-0.4, -0.2) is 34.9 Å². The van der Waals surface area contributed by atoms with Crippen molar-refractivity contribution in [2.24, 2.45) is 13.0 Å². The van der Waals surface area contributed by atoms with Crippen LogP contribution in [0.25, 0.3) is 22.5 Å². The third kappa shape index (κ3) is 4.63. The molecule has 0 aliphatic rings. The number of tetrazole rings is 1. The molecule has 7 nitrogen and oxygen atoms in total. The molecule has 4 aromatic rings. The van der Waals surface area contributed by atoms with Crippen molar-refractivity contribution in [1.82, 2.24) is 29.8 Å². The molecule has 0 saturated heterocycles. The van der Waals surface area contributed by atoms with Crippen molar-refractivity contribution in [2.75, 3.05) is 0 Å². The Kier molecular flexibility index (Phi) is 7.14. The molecule has 0 aliphatic carbocycles. The number of imidazole rings is 1. The first-order chi connectivity index (χ1) is 16.3. The molecule has 0 saturated carbocycles. The second-order valence-corrected chi connectivity index (χ2v) is 9.26. The summed E-state index contributed by atoms with van der Waals surface area (Å²) >= 11 is 6.42. The first kappa shape index (κ1) is 24.1. The molecular weight excluding hydrogens is 448 g/mol. The van der Waals surface area contributed by atoms with E-state index in [4.69, 9.17) is 11.6 Å². The number of hydrogen-bond acceptors (Lipinski definition) is 5. The van der Waals surface area contributed by atoms with Crippen molar-refractivity contribution in [3.05, 3.63) is 70.3 Å². The Hall–Kier alpha value is -3.03. The molecule has 4 rings (SSSR count). The zero-order valence-electron chi connectivity index (χ0n) is 20.3. The number of hydrogen-bond donors (Lipinski definition) is 1. The van der Waals surface area contributed by atoms with Crippen LogP contribution in [0.2, 0.25) is 5.15 Å². The topological polar surface area (TPSA) is 81.7 Å². The van der Waals surface area contributed by atoms with Gasteiger partial charge in [-0.05, 0) is 47.2 Å². The molecule has 178 valence electrons. The Morgan fingerprint density at radius 3 is 2.44 bits per heavy atom. The van der Waals surface area contributed by atoms with E-state index in [1.807, 2.05) is 18.2 Å². The minimum absolute atomic E-state index is 0.0212. The van der Waals surface area contributed by atoms with E-state index in [1.54, 1.807) is 7.05 Å². The van der Waals surface area contributed by atoms with Crippen molar-refractivity contribution < 1.29 is 5.11 Å². The minimum atomic E-state index is -0.147. The average molecular weight is 479 g/mol. The highest BCUT2D eigenvalue weighted by atomic mass is 35.5. The standard InChI is InChI=1S/C26H31ClN6O/c1-6-16(2)13-24-28-25(27)23(15-34)33(24)18(4)20-12-11-19(14-17(20)3)21-9-7-8-10-22(21)26-29-31-32(5)30-26/h7-12,14,16,18,34H,6,13,15H2,1-5H3. The fraction of sp³-hybridized carbons (Fsp3) is 0.385. The first-order valence-corrected chi connectivity index (χ1v) is 12.0.